The molecule has 1 unspecified atom stereocenters. The van der Waals surface area contributed by atoms with Gasteiger partial charge in [0.05, 0.1) is 10.4 Å². The average Bonchev–Trinajstić information content (AvgIpc) is 3.07. The molecule has 27 heavy (non-hydrogen) atoms. The molecule has 2 rings (SSSR count). The summed E-state index contributed by atoms with van der Waals surface area (Å²) >= 11 is 6.24. The van der Waals surface area contributed by atoms with Crippen molar-refractivity contribution in [1.29, 1.82) is 0 Å². The van der Waals surface area contributed by atoms with Crippen LogP contribution in [0.3, 0.4) is 0 Å². The van der Waals surface area contributed by atoms with Crippen molar-refractivity contribution in [2.75, 3.05) is 38.1 Å². The van der Waals surface area contributed by atoms with Crippen LogP contribution in [0.5, 0.6) is 0 Å². The van der Waals surface area contributed by atoms with Crippen LogP contribution in [0.15, 0.2) is 23.3 Å². The molecule has 0 bridgehead atoms. The third-order valence-electron chi connectivity index (χ3n) is 4.44. The molecule has 0 spiro atoms. The second-order valence-electron chi connectivity index (χ2n) is 7.05. The number of aromatic nitrogens is 1. The summed E-state index contributed by atoms with van der Waals surface area (Å²) < 4.78 is 0. The number of nitrogens with zero attached hydrogens (tertiary/aromatic N) is 3. The van der Waals surface area contributed by atoms with Gasteiger partial charge in [-0.2, -0.15) is 0 Å². The van der Waals surface area contributed by atoms with Crippen molar-refractivity contribution >= 4 is 53.3 Å². The number of aliphatic imine (C=N–C) groups is 1. The van der Waals surface area contributed by atoms with Crippen molar-refractivity contribution < 1.29 is 4.79 Å². The van der Waals surface area contributed by atoms with Crippen molar-refractivity contribution in [3.8, 4) is 0 Å². The smallest absolute Gasteiger partial charge is 0.227 e. The highest BCUT2D eigenvalue weighted by molar-refractivity contribution is 14.0. The molecule has 9 heteroatoms. The summed E-state index contributed by atoms with van der Waals surface area (Å²) in [4.78, 5) is 22.9. The quantitative estimate of drug-likeness (QED) is 0.312. The summed E-state index contributed by atoms with van der Waals surface area (Å²) in [5.41, 5.74) is -0.517. The fourth-order valence-electron chi connectivity index (χ4n) is 2.85. The van der Waals surface area contributed by atoms with E-state index in [1.807, 2.05) is 32.9 Å². The van der Waals surface area contributed by atoms with Gasteiger partial charge in [0.25, 0.3) is 0 Å². The Morgan fingerprint density at radius 2 is 2.19 bits per heavy atom. The number of carbonyl (C=O) groups is 1. The Bertz CT molecular complexity index is 654. The molecule has 1 aliphatic rings. The predicted octanol–water partition coefficient (Wildman–Crippen LogP) is 2.26. The van der Waals surface area contributed by atoms with Crippen molar-refractivity contribution in [1.82, 2.24) is 20.9 Å². The Kier molecular flexibility index (Phi) is 9.58. The summed E-state index contributed by atoms with van der Waals surface area (Å²) in [6.07, 6.45) is 2.72. The standard InChI is InChI=1S/C18H29ClN6O.HI/c1-5-21-16(26)18(2,3)12-23-17(20-4)24-13-8-10-25(11-13)15-14(19)7-6-9-22-15;/h6-7,9,13H,5,8,10-12H2,1-4H3,(H,21,26)(H2,20,23,24);1H. The highest BCUT2D eigenvalue weighted by Gasteiger charge is 2.29. The van der Waals surface area contributed by atoms with E-state index in [9.17, 15) is 4.79 Å². The summed E-state index contributed by atoms with van der Waals surface area (Å²) in [6, 6.07) is 3.93. The number of rotatable bonds is 6. The first-order valence-electron chi connectivity index (χ1n) is 8.98. The number of carbonyl (C=O) groups excluding carboxylic acids is 1. The Balaban J connectivity index is 0.00000364. The molecule has 0 radical (unpaired) electrons. The number of guanidine groups is 1. The van der Waals surface area contributed by atoms with Gasteiger partial charge in [-0.15, -0.1) is 24.0 Å². The van der Waals surface area contributed by atoms with Crippen LogP contribution in [0, 0.1) is 5.41 Å². The van der Waals surface area contributed by atoms with Gasteiger partial charge < -0.3 is 20.9 Å². The second-order valence-corrected chi connectivity index (χ2v) is 7.46. The Labute approximate surface area is 183 Å². The summed E-state index contributed by atoms with van der Waals surface area (Å²) in [5.74, 6) is 1.54. The Morgan fingerprint density at radius 1 is 1.44 bits per heavy atom. The maximum Gasteiger partial charge on any atom is 0.227 e. The van der Waals surface area contributed by atoms with Crippen LogP contribution in [0.25, 0.3) is 0 Å². The number of amides is 1. The van der Waals surface area contributed by atoms with E-state index in [0.717, 1.165) is 25.3 Å². The van der Waals surface area contributed by atoms with Gasteiger partial charge in [0, 0.05) is 45.5 Å². The number of pyridine rings is 1. The Morgan fingerprint density at radius 3 is 2.81 bits per heavy atom. The van der Waals surface area contributed by atoms with Crippen LogP contribution < -0.4 is 20.9 Å². The van der Waals surface area contributed by atoms with Crippen molar-refractivity contribution in [2.45, 2.75) is 33.2 Å². The monoisotopic (exact) mass is 508 g/mol. The summed E-state index contributed by atoms with van der Waals surface area (Å²) in [7, 11) is 1.73. The predicted molar refractivity (Wildman–Crippen MR) is 122 cm³/mol. The maximum atomic E-state index is 12.1. The molecule has 1 aromatic rings. The molecule has 152 valence electrons. The zero-order valence-corrected chi connectivity index (χ0v) is 19.5. The molecule has 0 aromatic carbocycles. The van der Waals surface area contributed by atoms with E-state index >= 15 is 0 Å². The lowest BCUT2D eigenvalue weighted by atomic mass is 9.92. The largest absolute Gasteiger partial charge is 0.356 e. The van der Waals surface area contributed by atoms with Gasteiger partial charge in [-0.05, 0) is 39.3 Å². The Hall–Kier alpha value is -1.29. The third kappa shape index (κ3) is 6.67. The molecular formula is C18H30ClIN6O. The third-order valence-corrected chi connectivity index (χ3v) is 4.74. The van der Waals surface area contributed by atoms with Gasteiger partial charge in [0.15, 0.2) is 5.96 Å². The summed E-state index contributed by atoms with van der Waals surface area (Å²) in [6.45, 7) is 8.57. The number of anilines is 1. The molecule has 1 amide bonds. The first kappa shape index (κ1) is 23.7. The fraction of sp³-hybridized carbons (Fsp3) is 0.611. The van der Waals surface area contributed by atoms with Gasteiger partial charge in [-0.1, -0.05) is 11.6 Å². The van der Waals surface area contributed by atoms with Crippen LogP contribution in [-0.4, -0.2) is 56.1 Å². The van der Waals surface area contributed by atoms with E-state index in [4.69, 9.17) is 11.6 Å². The SMILES string of the molecule is CCNC(=O)C(C)(C)CNC(=NC)NC1CCN(c2ncccc2Cl)C1.I. The maximum absolute atomic E-state index is 12.1. The molecule has 1 atom stereocenters. The lowest BCUT2D eigenvalue weighted by Gasteiger charge is -2.26. The topological polar surface area (TPSA) is 81.6 Å². The first-order valence-corrected chi connectivity index (χ1v) is 9.36. The van der Waals surface area contributed by atoms with Crippen LogP contribution in [0.1, 0.15) is 27.2 Å². The number of halogens is 2. The lowest BCUT2D eigenvalue weighted by Crippen LogP contribution is -2.50. The highest BCUT2D eigenvalue weighted by atomic mass is 127. The molecule has 3 N–H and O–H groups in total. The minimum Gasteiger partial charge on any atom is -0.356 e. The average molecular weight is 509 g/mol. The van der Waals surface area contributed by atoms with E-state index in [1.165, 1.54) is 0 Å². The van der Waals surface area contributed by atoms with Crippen LogP contribution in [0.2, 0.25) is 5.02 Å². The molecule has 1 fully saturated rings. The van der Waals surface area contributed by atoms with E-state index in [1.54, 1.807) is 13.2 Å². The molecule has 2 heterocycles. The number of hydrogen-bond acceptors (Lipinski definition) is 4. The zero-order valence-electron chi connectivity index (χ0n) is 16.4. The van der Waals surface area contributed by atoms with E-state index < -0.39 is 5.41 Å². The van der Waals surface area contributed by atoms with Crippen LogP contribution in [-0.2, 0) is 4.79 Å². The zero-order chi connectivity index (χ0) is 19.2. The molecule has 7 nitrogen and oxygen atoms in total. The van der Waals surface area contributed by atoms with Gasteiger partial charge >= 0.3 is 0 Å². The minimum absolute atomic E-state index is 0. The summed E-state index contributed by atoms with van der Waals surface area (Å²) in [5, 5.41) is 10.2. The van der Waals surface area contributed by atoms with Crippen molar-refractivity contribution in [3.63, 3.8) is 0 Å². The molecular weight excluding hydrogens is 479 g/mol. The second kappa shape index (κ2) is 10.9. The van der Waals surface area contributed by atoms with E-state index in [0.29, 0.717) is 24.1 Å². The van der Waals surface area contributed by atoms with E-state index in [2.05, 4.69) is 30.8 Å². The van der Waals surface area contributed by atoms with Crippen LogP contribution >= 0.6 is 35.6 Å². The number of nitrogens with one attached hydrogen (secondary N) is 3. The van der Waals surface area contributed by atoms with Crippen molar-refractivity contribution in [2.24, 2.45) is 10.4 Å². The minimum atomic E-state index is -0.517. The first-order chi connectivity index (χ1) is 12.4. The molecule has 0 saturated carbocycles. The normalized spacial score (nSPS) is 17.3. The van der Waals surface area contributed by atoms with Gasteiger partial charge in [-0.3, -0.25) is 9.79 Å². The highest BCUT2D eigenvalue weighted by Crippen LogP contribution is 2.25. The van der Waals surface area contributed by atoms with Gasteiger partial charge in [-0.25, -0.2) is 4.98 Å². The van der Waals surface area contributed by atoms with Crippen LogP contribution in [0.4, 0.5) is 5.82 Å². The van der Waals surface area contributed by atoms with Gasteiger partial charge in [0.1, 0.15) is 5.82 Å². The molecule has 1 aromatic heterocycles. The molecule has 1 saturated heterocycles. The van der Waals surface area contributed by atoms with Gasteiger partial charge in [0.2, 0.25) is 5.91 Å². The molecule has 0 aliphatic carbocycles. The van der Waals surface area contributed by atoms with E-state index in [-0.39, 0.29) is 35.9 Å². The fourth-order valence-corrected chi connectivity index (χ4v) is 3.09. The lowest BCUT2D eigenvalue weighted by molar-refractivity contribution is -0.128. The van der Waals surface area contributed by atoms with Crippen molar-refractivity contribution in [3.05, 3.63) is 23.4 Å². The number of hydrogen-bond donors (Lipinski definition) is 3. The molecule has 1 aliphatic heterocycles.